The van der Waals surface area contributed by atoms with Gasteiger partial charge in [0.2, 0.25) is 12.8 Å². The summed E-state index contributed by atoms with van der Waals surface area (Å²) in [6.07, 6.45) is 1.75. The van der Waals surface area contributed by atoms with E-state index in [9.17, 15) is 19.1 Å². The molecule has 1 N–H and O–H groups in total. The van der Waals surface area contributed by atoms with E-state index in [4.69, 9.17) is 14.5 Å². The van der Waals surface area contributed by atoms with Gasteiger partial charge in [-0.05, 0) is 41.8 Å². The van der Waals surface area contributed by atoms with Crippen LogP contribution in [0.5, 0.6) is 11.5 Å². The van der Waals surface area contributed by atoms with Crippen LogP contribution >= 0.6 is 11.3 Å². The van der Waals surface area contributed by atoms with E-state index in [-0.39, 0.29) is 12.3 Å². The number of hydrogen-bond acceptors (Lipinski definition) is 8. The summed E-state index contributed by atoms with van der Waals surface area (Å²) in [4.78, 5) is 37.8. The van der Waals surface area contributed by atoms with Crippen molar-refractivity contribution in [1.82, 2.24) is 9.97 Å². The molecule has 1 atom stereocenters. The molecule has 1 aliphatic rings. The van der Waals surface area contributed by atoms with Crippen LogP contribution in [0, 0.1) is 5.92 Å². The number of fused-ring (bicyclic) bond motifs is 1. The second-order valence-electron chi connectivity index (χ2n) is 9.67. The van der Waals surface area contributed by atoms with Gasteiger partial charge in [0.15, 0.2) is 16.7 Å². The number of carbonyl (C=O) groups excluding carboxylic acids is 1. The molecule has 1 unspecified atom stereocenters. The number of alkyl halides is 1. The molecule has 5 rings (SSSR count). The number of carboxylic acids is 1. The minimum Gasteiger partial charge on any atom is -0.488 e. The number of aromatic nitrogens is 2. The van der Waals surface area contributed by atoms with Gasteiger partial charge in [0.25, 0.3) is 0 Å². The highest BCUT2D eigenvalue weighted by Gasteiger charge is 2.28. The van der Waals surface area contributed by atoms with Crippen LogP contribution < -0.4 is 19.3 Å². The number of likely N-dealkylation sites (N-methyl/N-ethyl adjacent to an activating group) is 1. The van der Waals surface area contributed by atoms with Gasteiger partial charge >= 0.3 is 5.97 Å². The molecule has 11 heteroatoms. The summed E-state index contributed by atoms with van der Waals surface area (Å²) in [5, 5.41) is 11.7. The van der Waals surface area contributed by atoms with Gasteiger partial charge in [-0.2, -0.15) is 0 Å². The van der Waals surface area contributed by atoms with Crippen molar-refractivity contribution in [2.24, 2.45) is 5.92 Å². The summed E-state index contributed by atoms with van der Waals surface area (Å²) in [5.74, 6) is -0.400. The van der Waals surface area contributed by atoms with E-state index >= 15 is 0 Å². The van der Waals surface area contributed by atoms with E-state index in [0.717, 1.165) is 29.1 Å². The standard InChI is InChI=1S/C30H29FN4O5S/c1-34-10-11-39-26-13-21(16-32-28(26)34)23-9-8-22(40-18-31)15-24(23)25-17-41-30(33-25)35(2)29(38)20(14-27(36)37)12-19-6-4-3-5-7-19/h3-9,13,15-17,20H,10-12,14,18H2,1-2H3,(H,36,37). The predicted molar refractivity (Wildman–Crippen MR) is 155 cm³/mol. The Kier molecular flexibility index (Phi) is 8.44. The second-order valence-corrected chi connectivity index (χ2v) is 10.5. The minimum absolute atomic E-state index is 0.296. The molecule has 1 aliphatic heterocycles. The normalized spacial score (nSPS) is 13.2. The number of benzene rings is 2. The fraction of sp³-hybridized carbons (Fsp3) is 0.267. The number of hydrogen-bond donors (Lipinski definition) is 1. The monoisotopic (exact) mass is 576 g/mol. The molecule has 0 radical (unpaired) electrons. The quantitative estimate of drug-likeness (QED) is 0.271. The Morgan fingerprint density at radius 2 is 2.00 bits per heavy atom. The topological polar surface area (TPSA) is 105 Å². The summed E-state index contributed by atoms with van der Waals surface area (Å²) in [7, 11) is 3.55. The van der Waals surface area contributed by atoms with Gasteiger partial charge in [0.05, 0.1) is 24.6 Å². The summed E-state index contributed by atoms with van der Waals surface area (Å²) >= 11 is 1.25. The van der Waals surface area contributed by atoms with Crippen molar-refractivity contribution in [2.45, 2.75) is 12.8 Å². The van der Waals surface area contributed by atoms with Crippen LogP contribution in [0.4, 0.5) is 15.3 Å². The number of halogens is 1. The lowest BCUT2D eigenvalue weighted by molar-refractivity contribution is -0.140. The van der Waals surface area contributed by atoms with Gasteiger partial charge in [-0.25, -0.2) is 14.4 Å². The first-order chi connectivity index (χ1) is 19.8. The molecule has 9 nitrogen and oxygen atoms in total. The maximum absolute atomic E-state index is 13.5. The lowest BCUT2D eigenvalue weighted by Gasteiger charge is -2.26. The molecule has 41 heavy (non-hydrogen) atoms. The molecule has 0 spiro atoms. The van der Waals surface area contributed by atoms with Crippen molar-refractivity contribution in [1.29, 1.82) is 0 Å². The number of rotatable bonds is 10. The lowest BCUT2D eigenvalue weighted by Crippen LogP contribution is -2.35. The van der Waals surface area contributed by atoms with E-state index in [0.29, 0.717) is 40.9 Å². The van der Waals surface area contributed by atoms with Crippen LogP contribution in [0.1, 0.15) is 12.0 Å². The molecule has 0 saturated carbocycles. The fourth-order valence-corrected chi connectivity index (χ4v) is 5.58. The van der Waals surface area contributed by atoms with Crippen molar-refractivity contribution in [3.05, 3.63) is 71.7 Å². The number of carboxylic acid groups (broad SMARTS) is 1. The van der Waals surface area contributed by atoms with Crippen molar-refractivity contribution in [2.75, 3.05) is 43.9 Å². The second kappa shape index (κ2) is 12.3. The Morgan fingerprint density at radius 1 is 1.20 bits per heavy atom. The highest BCUT2D eigenvalue weighted by molar-refractivity contribution is 7.14. The molecule has 2 aromatic carbocycles. The van der Waals surface area contributed by atoms with Gasteiger partial charge in [-0.1, -0.05) is 30.3 Å². The first-order valence-corrected chi connectivity index (χ1v) is 13.9. The van der Waals surface area contributed by atoms with Crippen LogP contribution in [-0.4, -0.2) is 61.1 Å². The molecular formula is C30H29FN4O5S. The van der Waals surface area contributed by atoms with Crippen molar-refractivity contribution in [3.63, 3.8) is 0 Å². The summed E-state index contributed by atoms with van der Waals surface area (Å²) in [6.45, 7) is 0.311. The van der Waals surface area contributed by atoms with Gasteiger partial charge in [-0.15, -0.1) is 11.3 Å². The molecule has 212 valence electrons. The Labute approximate surface area is 240 Å². The molecule has 2 aromatic heterocycles. The van der Waals surface area contributed by atoms with Crippen LogP contribution in [-0.2, 0) is 16.0 Å². The molecule has 0 saturated heterocycles. The van der Waals surface area contributed by atoms with Crippen molar-refractivity contribution in [3.8, 4) is 33.9 Å². The highest BCUT2D eigenvalue weighted by atomic mass is 32.1. The average Bonchev–Trinajstić information content (AvgIpc) is 3.47. The number of anilines is 2. The molecular weight excluding hydrogens is 547 g/mol. The van der Waals surface area contributed by atoms with Gasteiger partial charge in [-0.3, -0.25) is 14.5 Å². The van der Waals surface area contributed by atoms with Crippen molar-refractivity contribution >= 4 is 34.2 Å². The number of ether oxygens (including phenoxy) is 2. The number of nitrogens with zero attached hydrogens (tertiary/aromatic N) is 4. The third-order valence-corrected chi connectivity index (χ3v) is 7.80. The molecule has 0 bridgehead atoms. The number of pyridine rings is 1. The maximum atomic E-state index is 13.5. The number of amides is 1. The zero-order valence-corrected chi connectivity index (χ0v) is 23.4. The number of thiazole rings is 1. The molecule has 4 aromatic rings. The van der Waals surface area contributed by atoms with E-state index in [2.05, 4.69) is 4.98 Å². The van der Waals surface area contributed by atoms with E-state index in [1.54, 1.807) is 30.8 Å². The first kappa shape index (κ1) is 28.0. The van der Waals surface area contributed by atoms with Crippen LogP contribution in [0.25, 0.3) is 22.4 Å². The van der Waals surface area contributed by atoms with Gasteiger partial charge < -0.3 is 19.5 Å². The Bertz CT molecular complexity index is 1550. The minimum atomic E-state index is -1.05. The van der Waals surface area contributed by atoms with Crippen molar-refractivity contribution < 1.29 is 28.6 Å². The predicted octanol–water partition coefficient (Wildman–Crippen LogP) is 5.30. The lowest BCUT2D eigenvalue weighted by atomic mass is 9.95. The first-order valence-electron chi connectivity index (χ1n) is 13.0. The molecule has 3 heterocycles. The van der Waals surface area contributed by atoms with E-state index in [1.807, 2.05) is 54.4 Å². The van der Waals surface area contributed by atoms with Crippen LogP contribution in [0.15, 0.2) is 66.2 Å². The largest absolute Gasteiger partial charge is 0.488 e. The van der Waals surface area contributed by atoms with Crippen LogP contribution in [0.3, 0.4) is 0 Å². The zero-order chi connectivity index (χ0) is 28.9. The summed E-state index contributed by atoms with van der Waals surface area (Å²) < 4.78 is 24.0. The van der Waals surface area contributed by atoms with Gasteiger partial charge in [0, 0.05) is 36.8 Å². The average molecular weight is 577 g/mol. The van der Waals surface area contributed by atoms with E-state index < -0.39 is 18.7 Å². The van der Waals surface area contributed by atoms with E-state index in [1.165, 1.54) is 16.2 Å². The third kappa shape index (κ3) is 6.30. The Hall–Kier alpha value is -4.51. The number of aliphatic carboxylic acids is 1. The highest BCUT2D eigenvalue weighted by Crippen LogP contribution is 2.40. The van der Waals surface area contributed by atoms with Gasteiger partial charge in [0.1, 0.15) is 12.4 Å². The molecule has 1 amide bonds. The summed E-state index contributed by atoms with van der Waals surface area (Å²) in [5.41, 5.74) is 3.66. The zero-order valence-electron chi connectivity index (χ0n) is 22.6. The Balaban J connectivity index is 1.46. The Morgan fingerprint density at radius 3 is 2.76 bits per heavy atom. The number of carbonyl (C=O) groups is 2. The maximum Gasteiger partial charge on any atom is 0.304 e. The smallest absolute Gasteiger partial charge is 0.304 e. The summed E-state index contributed by atoms with van der Waals surface area (Å²) in [6, 6.07) is 16.4. The fourth-order valence-electron chi connectivity index (χ4n) is 4.78. The third-order valence-electron chi connectivity index (χ3n) is 6.88. The SMILES string of the molecule is CN1CCOc2cc(-c3ccc(OCF)cc3-c3csc(N(C)C(=O)C(CC(=O)O)Cc4ccccc4)n3)cnc21. The van der Waals surface area contributed by atoms with Crippen LogP contribution in [0.2, 0.25) is 0 Å². The molecule has 0 fully saturated rings. The molecule has 0 aliphatic carbocycles.